The van der Waals surface area contributed by atoms with Gasteiger partial charge in [-0.25, -0.2) is 4.39 Å². The first-order chi connectivity index (χ1) is 11.1. The molecule has 0 aliphatic rings. The Labute approximate surface area is 148 Å². The van der Waals surface area contributed by atoms with Gasteiger partial charge in [-0.3, -0.25) is 0 Å². The van der Waals surface area contributed by atoms with Crippen LogP contribution in [0.25, 0.3) is 0 Å². The third-order valence-electron chi connectivity index (χ3n) is 3.33. The second-order valence-corrected chi connectivity index (χ2v) is 5.34. The zero-order valence-corrected chi connectivity index (χ0v) is 14.6. The van der Waals surface area contributed by atoms with Gasteiger partial charge in [0.25, 0.3) is 0 Å². The Hall–Kier alpha value is -1.82. The maximum absolute atomic E-state index is 12.9. The maximum atomic E-state index is 12.9. The Balaban J connectivity index is 0.00000288. The first kappa shape index (κ1) is 20.2. The second-order valence-electron chi connectivity index (χ2n) is 5.34. The normalized spacial score (nSPS) is 11.5. The van der Waals surface area contributed by atoms with Gasteiger partial charge in [0, 0.05) is 18.7 Å². The summed E-state index contributed by atoms with van der Waals surface area (Å²) in [5, 5.41) is 12.5. The number of nitrogens with one attached hydrogen (secondary N) is 1. The number of halogens is 2. The number of ether oxygens (including phenoxy) is 2. The first-order valence-corrected chi connectivity index (χ1v) is 7.52. The van der Waals surface area contributed by atoms with Gasteiger partial charge in [-0.05, 0) is 30.7 Å². The average molecular weight is 356 g/mol. The first-order valence-electron chi connectivity index (χ1n) is 7.52. The Morgan fingerprint density at radius 3 is 2.50 bits per heavy atom. The number of aliphatic hydroxyl groups is 1. The van der Waals surface area contributed by atoms with E-state index in [1.54, 1.807) is 26.2 Å². The molecule has 0 amide bonds. The molecule has 0 bridgehead atoms. The van der Waals surface area contributed by atoms with Crippen molar-refractivity contribution in [1.82, 2.24) is 5.32 Å². The van der Waals surface area contributed by atoms with E-state index < -0.39 is 6.10 Å². The van der Waals surface area contributed by atoms with Crippen LogP contribution in [0.4, 0.5) is 4.39 Å². The van der Waals surface area contributed by atoms with Crippen LogP contribution < -0.4 is 14.8 Å². The standard InChI is InChI=1S/C18H22FNO3.ClH/c1-13(21)10-20-11-15-4-3-5-17(22-2)18(15)23-12-14-6-8-16(19)9-7-14;/h3-9,13,20-21H,10-12H2,1-2H3;1H. The van der Waals surface area contributed by atoms with Gasteiger partial charge in [-0.15, -0.1) is 12.4 Å². The number of methoxy groups -OCH3 is 1. The van der Waals surface area contributed by atoms with Crippen LogP contribution in [-0.4, -0.2) is 24.9 Å². The summed E-state index contributed by atoms with van der Waals surface area (Å²) in [6.45, 7) is 3.10. The molecule has 0 saturated carbocycles. The molecule has 24 heavy (non-hydrogen) atoms. The molecule has 0 radical (unpaired) electrons. The summed E-state index contributed by atoms with van der Waals surface area (Å²) in [7, 11) is 1.59. The molecule has 6 heteroatoms. The highest BCUT2D eigenvalue weighted by molar-refractivity contribution is 5.85. The average Bonchev–Trinajstić information content (AvgIpc) is 2.54. The third kappa shape index (κ3) is 6.00. The van der Waals surface area contributed by atoms with Crippen molar-refractivity contribution < 1.29 is 19.0 Å². The molecule has 2 aromatic rings. The zero-order valence-electron chi connectivity index (χ0n) is 13.8. The fourth-order valence-electron chi connectivity index (χ4n) is 2.18. The van der Waals surface area contributed by atoms with E-state index in [0.717, 1.165) is 11.1 Å². The fraction of sp³-hybridized carbons (Fsp3) is 0.333. The molecule has 2 rings (SSSR count). The molecule has 0 aliphatic carbocycles. The lowest BCUT2D eigenvalue weighted by molar-refractivity contribution is 0.190. The van der Waals surface area contributed by atoms with E-state index in [2.05, 4.69) is 5.32 Å². The van der Waals surface area contributed by atoms with E-state index in [9.17, 15) is 9.50 Å². The zero-order chi connectivity index (χ0) is 16.7. The predicted octanol–water partition coefficient (Wildman–Crippen LogP) is 3.31. The number of hydrogen-bond acceptors (Lipinski definition) is 4. The van der Waals surface area contributed by atoms with Crippen molar-refractivity contribution in [2.24, 2.45) is 0 Å². The van der Waals surface area contributed by atoms with E-state index in [1.807, 2.05) is 18.2 Å². The van der Waals surface area contributed by atoms with Crippen molar-refractivity contribution in [1.29, 1.82) is 0 Å². The van der Waals surface area contributed by atoms with E-state index >= 15 is 0 Å². The van der Waals surface area contributed by atoms with Crippen LogP contribution in [-0.2, 0) is 13.2 Å². The van der Waals surface area contributed by atoms with Crippen LogP contribution in [0, 0.1) is 5.82 Å². The predicted molar refractivity (Wildman–Crippen MR) is 94.4 cm³/mol. The number of benzene rings is 2. The molecule has 1 unspecified atom stereocenters. The largest absolute Gasteiger partial charge is 0.493 e. The van der Waals surface area contributed by atoms with Crippen molar-refractivity contribution >= 4 is 12.4 Å². The highest BCUT2D eigenvalue weighted by atomic mass is 35.5. The van der Waals surface area contributed by atoms with Crippen LogP contribution in [0.5, 0.6) is 11.5 Å². The minimum atomic E-state index is -0.413. The van der Waals surface area contributed by atoms with Crippen LogP contribution >= 0.6 is 12.4 Å². The van der Waals surface area contributed by atoms with E-state index in [-0.39, 0.29) is 18.2 Å². The smallest absolute Gasteiger partial charge is 0.166 e. The van der Waals surface area contributed by atoms with Crippen molar-refractivity contribution in [3.8, 4) is 11.5 Å². The molecule has 1 atom stereocenters. The quantitative estimate of drug-likeness (QED) is 0.762. The van der Waals surface area contributed by atoms with Gasteiger partial charge in [-0.2, -0.15) is 0 Å². The van der Waals surface area contributed by atoms with Gasteiger partial charge in [-0.1, -0.05) is 24.3 Å². The van der Waals surface area contributed by atoms with Crippen LogP contribution in [0.15, 0.2) is 42.5 Å². The van der Waals surface area contributed by atoms with Crippen molar-refractivity contribution in [3.05, 3.63) is 59.4 Å². The van der Waals surface area contributed by atoms with Gasteiger partial charge in [0.1, 0.15) is 12.4 Å². The molecular weight excluding hydrogens is 333 g/mol. The summed E-state index contributed by atoms with van der Waals surface area (Å²) < 4.78 is 24.2. The number of aliphatic hydroxyl groups excluding tert-OH is 1. The summed E-state index contributed by atoms with van der Waals surface area (Å²) in [6, 6.07) is 11.9. The lowest BCUT2D eigenvalue weighted by Gasteiger charge is -2.16. The summed E-state index contributed by atoms with van der Waals surface area (Å²) in [4.78, 5) is 0. The molecule has 0 fully saturated rings. The number of hydrogen-bond donors (Lipinski definition) is 2. The molecule has 0 saturated heterocycles. The molecule has 4 nitrogen and oxygen atoms in total. The maximum Gasteiger partial charge on any atom is 0.166 e. The molecule has 0 aromatic heterocycles. The molecule has 132 valence electrons. The SMILES string of the molecule is COc1cccc(CNCC(C)O)c1OCc1ccc(F)cc1.Cl. The minimum Gasteiger partial charge on any atom is -0.493 e. The van der Waals surface area contributed by atoms with Gasteiger partial charge in [0.15, 0.2) is 11.5 Å². The molecule has 0 aliphatic heterocycles. The van der Waals surface area contributed by atoms with E-state index in [4.69, 9.17) is 9.47 Å². The van der Waals surface area contributed by atoms with Crippen molar-refractivity contribution in [2.75, 3.05) is 13.7 Å². The molecule has 0 heterocycles. The van der Waals surface area contributed by atoms with Gasteiger partial charge in [0.05, 0.1) is 13.2 Å². The highest BCUT2D eigenvalue weighted by Gasteiger charge is 2.11. The minimum absolute atomic E-state index is 0. The summed E-state index contributed by atoms with van der Waals surface area (Å²) in [5.74, 6) is 1.02. The third-order valence-corrected chi connectivity index (χ3v) is 3.33. The van der Waals surface area contributed by atoms with E-state index in [1.165, 1.54) is 12.1 Å². The van der Waals surface area contributed by atoms with Crippen LogP contribution in [0.3, 0.4) is 0 Å². The molecule has 0 spiro atoms. The van der Waals surface area contributed by atoms with Crippen molar-refractivity contribution in [3.63, 3.8) is 0 Å². The summed E-state index contributed by atoms with van der Waals surface area (Å²) in [6.07, 6.45) is -0.413. The monoisotopic (exact) mass is 355 g/mol. The van der Waals surface area contributed by atoms with Crippen LogP contribution in [0.2, 0.25) is 0 Å². The highest BCUT2D eigenvalue weighted by Crippen LogP contribution is 2.31. The molecule has 2 aromatic carbocycles. The lowest BCUT2D eigenvalue weighted by atomic mass is 10.1. The molecule has 2 N–H and O–H groups in total. The summed E-state index contributed by atoms with van der Waals surface area (Å²) >= 11 is 0. The fourth-order valence-corrected chi connectivity index (χ4v) is 2.18. The van der Waals surface area contributed by atoms with E-state index in [0.29, 0.717) is 31.2 Å². The van der Waals surface area contributed by atoms with Gasteiger partial charge >= 0.3 is 0 Å². The van der Waals surface area contributed by atoms with Gasteiger partial charge < -0.3 is 19.9 Å². The number of rotatable bonds is 8. The topological polar surface area (TPSA) is 50.7 Å². The number of para-hydroxylation sites is 1. The van der Waals surface area contributed by atoms with Gasteiger partial charge in [0.2, 0.25) is 0 Å². The Morgan fingerprint density at radius 2 is 1.88 bits per heavy atom. The van der Waals surface area contributed by atoms with Crippen molar-refractivity contribution in [2.45, 2.75) is 26.2 Å². The Morgan fingerprint density at radius 1 is 1.17 bits per heavy atom. The lowest BCUT2D eigenvalue weighted by Crippen LogP contribution is -2.24. The second kappa shape index (κ2) is 10.1. The Bertz CT molecular complexity index is 620. The Kier molecular flexibility index (Phi) is 8.54. The summed E-state index contributed by atoms with van der Waals surface area (Å²) in [5.41, 5.74) is 1.81. The van der Waals surface area contributed by atoms with Crippen LogP contribution in [0.1, 0.15) is 18.1 Å². The molecular formula is C18H23ClFNO3.